The minimum atomic E-state index is -0.527. The van der Waals surface area contributed by atoms with Crippen molar-refractivity contribution in [2.75, 3.05) is 46.1 Å². The molecule has 16 heavy (non-hydrogen) atoms. The fraction of sp³-hybridized carbons (Fsp3) is 0.900. The van der Waals surface area contributed by atoms with Gasteiger partial charge in [-0.05, 0) is 0 Å². The van der Waals surface area contributed by atoms with Gasteiger partial charge in [0.25, 0.3) is 0 Å². The lowest BCUT2D eigenvalue weighted by Crippen LogP contribution is -2.30. The van der Waals surface area contributed by atoms with Crippen molar-refractivity contribution in [3.8, 4) is 0 Å². The van der Waals surface area contributed by atoms with Gasteiger partial charge in [0.05, 0.1) is 45.6 Å². The molecular formula is C10H19NO5. The standard InChI is InChI=1S/C10H19NO5/c12-2-4-16-6-5-15-3-1-11-8-9(13)7-10(11)14/h9,12-13H,1-8H2. The molecule has 0 radical (unpaired) electrons. The summed E-state index contributed by atoms with van der Waals surface area (Å²) in [6, 6.07) is 0. The monoisotopic (exact) mass is 233 g/mol. The highest BCUT2D eigenvalue weighted by Crippen LogP contribution is 2.09. The van der Waals surface area contributed by atoms with Gasteiger partial charge in [-0.1, -0.05) is 0 Å². The number of aliphatic hydroxyl groups excluding tert-OH is 2. The van der Waals surface area contributed by atoms with Crippen molar-refractivity contribution < 1.29 is 24.5 Å². The lowest BCUT2D eigenvalue weighted by Gasteiger charge is -2.15. The zero-order valence-electron chi connectivity index (χ0n) is 9.30. The van der Waals surface area contributed by atoms with E-state index in [9.17, 15) is 9.90 Å². The highest BCUT2D eigenvalue weighted by molar-refractivity contribution is 5.78. The molecule has 1 unspecified atom stereocenters. The van der Waals surface area contributed by atoms with Crippen molar-refractivity contribution >= 4 is 5.91 Å². The van der Waals surface area contributed by atoms with Crippen molar-refractivity contribution in [2.24, 2.45) is 0 Å². The van der Waals surface area contributed by atoms with Gasteiger partial charge >= 0.3 is 0 Å². The average molecular weight is 233 g/mol. The van der Waals surface area contributed by atoms with Crippen molar-refractivity contribution in [2.45, 2.75) is 12.5 Å². The molecule has 0 aromatic carbocycles. The van der Waals surface area contributed by atoms with Crippen LogP contribution in [0.4, 0.5) is 0 Å². The van der Waals surface area contributed by atoms with E-state index in [0.717, 1.165) is 0 Å². The largest absolute Gasteiger partial charge is 0.394 e. The number of hydrogen-bond donors (Lipinski definition) is 2. The Labute approximate surface area is 94.8 Å². The van der Waals surface area contributed by atoms with Crippen molar-refractivity contribution in [3.63, 3.8) is 0 Å². The van der Waals surface area contributed by atoms with E-state index in [1.165, 1.54) is 0 Å². The van der Waals surface area contributed by atoms with E-state index < -0.39 is 6.10 Å². The first kappa shape index (κ1) is 13.4. The van der Waals surface area contributed by atoms with Gasteiger partial charge in [-0.15, -0.1) is 0 Å². The van der Waals surface area contributed by atoms with Crippen LogP contribution in [0, 0.1) is 0 Å². The first-order valence-corrected chi connectivity index (χ1v) is 5.46. The smallest absolute Gasteiger partial charge is 0.225 e. The minimum Gasteiger partial charge on any atom is -0.394 e. The molecule has 1 aliphatic rings. The Morgan fingerprint density at radius 1 is 1.25 bits per heavy atom. The Hall–Kier alpha value is -0.690. The summed E-state index contributed by atoms with van der Waals surface area (Å²) in [6.45, 7) is 2.59. The maximum Gasteiger partial charge on any atom is 0.225 e. The highest BCUT2D eigenvalue weighted by atomic mass is 16.5. The predicted molar refractivity (Wildman–Crippen MR) is 55.9 cm³/mol. The molecule has 1 aliphatic heterocycles. The van der Waals surface area contributed by atoms with E-state index in [-0.39, 0.29) is 18.9 Å². The van der Waals surface area contributed by atoms with E-state index in [0.29, 0.717) is 39.5 Å². The van der Waals surface area contributed by atoms with Crippen LogP contribution in [0.5, 0.6) is 0 Å². The van der Waals surface area contributed by atoms with Crippen LogP contribution in [-0.2, 0) is 14.3 Å². The van der Waals surface area contributed by atoms with Crippen LogP contribution in [0.25, 0.3) is 0 Å². The Kier molecular flexibility index (Phi) is 6.32. The maximum atomic E-state index is 11.2. The van der Waals surface area contributed by atoms with Crippen LogP contribution < -0.4 is 0 Å². The van der Waals surface area contributed by atoms with Crippen LogP contribution in [0.2, 0.25) is 0 Å². The van der Waals surface area contributed by atoms with Crippen LogP contribution in [0.3, 0.4) is 0 Å². The first-order chi connectivity index (χ1) is 7.74. The number of aliphatic hydroxyl groups is 2. The average Bonchev–Trinajstić information content (AvgIpc) is 2.56. The lowest BCUT2D eigenvalue weighted by molar-refractivity contribution is -0.128. The van der Waals surface area contributed by atoms with E-state index in [1.807, 2.05) is 0 Å². The zero-order valence-corrected chi connectivity index (χ0v) is 9.30. The Morgan fingerprint density at radius 3 is 2.50 bits per heavy atom. The molecule has 94 valence electrons. The first-order valence-electron chi connectivity index (χ1n) is 5.46. The fourth-order valence-electron chi connectivity index (χ4n) is 1.53. The number of rotatable bonds is 8. The molecule has 1 saturated heterocycles. The summed E-state index contributed by atoms with van der Waals surface area (Å²) in [4.78, 5) is 12.8. The van der Waals surface area contributed by atoms with Crippen LogP contribution >= 0.6 is 0 Å². The van der Waals surface area contributed by atoms with E-state index in [4.69, 9.17) is 14.6 Å². The quantitative estimate of drug-likeness (QED) is 0.504. The number of nitrogens with zero attached hydrogens (tertiary/aromatic N) is 1. The molecule has 1 rings (SSSR count). The third-order valence-electron chi connectivity index (χ3n) is 2.31. The van der Waals surface area contributed by atoms with Gasteiger partial charge in [0, 0.05) is 13.1 Å². The van der Waals surface area contributed by atoms with Crippen molar-refractivity contribution in [3.05, 3.63) is 0 Å². The molecule has 6 heteroatoms. The molecule has 1 heterocycles. The second-order valence-electron chi connectivity index (χ2n) is 3.65. The van der Waals surface area contributed by atoms with Gasteiger partial charge in [0.1, 0.15) is 0 Å². The minimum absolute atomic E-state index is 0.0141. The molecule has 1 amide bonds. The van der Waals surface area contributed by atoms with E-state index >= 15 is 0 Å². The summed E-state index contributed by atoms with van der Waals surface area (Å²) in [5.41, 5.74) is 0. The van der Waals surface area contributed by atoms with E-state index in [1.54, 1.807) is 4.90 Å². The molecule has 0 aliphatic carbocycles. The molecule has 0 bridgehead atoms. The summed E-state index contributed by atoms with van der Waals surface area (Å²) in [7, 11) is 0. The summed E-state index contributed by atoms with van der Waals surface area (Å²) in [5.74, 6) is -0.0207. The Balaban J connectivity index is 1.93. The molecule has 6 nitrogen and oxygen atoms in total. The van der Waals surface area contributed by atoms with Crippen molar-refractivity contribution in [1.82, 2.24) is 4.90 Å². The van der Waals surface area contributed by atoms with Gasteiger partial charge in [0.2, 0.25) is 5.91 Å². The van der Waals surface area contributed by atoms with Crippen LogP contribution in [0.1, 0.15) is 6.42 Å². The number of ether oxygens (including phenoxy) is 2. The van der Waals surface area contributed by atoms with Gasteiger partial charge < -0.3 is 24.6 Å². The number of hydrogen-bond acceptors (Lipinski definition) is 5. The number of likely N-dealkylation sites (tertiary alicyclic amines) is 1. The normalized spacial score (nSPS) is 20.8. The van der Waals surface area contributed by atoms with Gasteiger partial charge in [-0.25, -0.2) is 0 Å². The second-order valence-corrected chi connectivity index (χ2v) is 3.65. The Morgan fingerprint density at radius 2 is 1.94 bits per heavy atom. The Bertz CT molecular complexity index is 211. The van der Waals surface area contributed by atoms with E-state index in [2.05, 4.69) is 0 Å². The molecule has 0 aromatic rings. The number of carbonyl (C=O) groups is 1. The SMILES string of the molecule is O=C1CC(O)CN1CCOCCOCCO. The molecule has 0 spiro atoms. The third-order valence-corrected chi connectivity index (χ3v) is 2.31. The number of β-amino-alcohol motifs (C(OH)–C–C–N with tert-alkyl or cyclic N) is 1. The fourth-order valence-corrected chi connectivity index (χ4v) is 1.53. The summed E-state index contributed by atoms with van der Waals surface area (Å²) in [6.07, 6.45) is -0.306. The molecule has 2 N–H and O–H groups in total. The predicted octanol–water partition coefficient (Wildman–Crippen LogP) is -1.39. The number of amides is 1. The summed E-state index contributed by atoms with van der Waals surface area (Å²) in [5, 5.41) is 17.7. The van der Waals surface area contributed by atoms with Crippen LogP contribution in [0.15, 0.2) is 0 Å². The summed E-state index contributed by atoms with van der Waals surface area (Å²) >= 11 is 0. The number of carbonyl (C=O) groups excluding carboxylic acids is 1. The van der Waals surface area contributed by atoms with Crippen LogP contribution in [-0.4, -0.2) is 73.2 Å². The highest BCUT2D eigenvalue weighted by Gasteiger charge is 2.27. The third kappa shape index (κ3) is 4.89. The molecule has 1 fully saturated rings. The summed E-state index contributed by atoms with van der Waals surface area (Å²) < 4.78 is 10.2. The van der Waals surface area contributed by atoms with Gasteiger partial charge in [-0.3, -0.25) is 4.79 Å². The van der Waals surface area contributed by atoms with Gasteiger partial charge in [0.15, 0.2) is 0 Å². The molecule has 0 aromatic heterocycles. The van der Waals surface area contributed by atoms with Crippen molar-refractivity contribution in [1.29, 1.82) is 0 Å². The molecule has 0 saturated carbocycles. The maximum absolute atomic E-state index is 11.2. The topological polar surface area (TPSA) is 79.2 Å². The zero-order chi connectivity index (χ0) is 11.8. The molecule has 1 atom stereocenters. The lowest BCUT2D eigenvalue weighted by atomic mass is 10.3. The molecular weight excluding hydrogens is 214 g/mol. The second kappa shape index (κ2) is 7.56. The van der Waals surface area contributed by atoms with Gasteiger partial charge in [-0.2, -0.15) is 0 Å².